The maximum Gasteiger partial charge on any atom is 0.0705 e. The first-order valence-electron chi connectivity index (χ1n) is 5.48. The highest BCUT2D eigenvalue weighted by molar-refractivity contribution is 5.81. The summed E-state index contributed by atoms with van der Waals surface area (Å²) >= 11 is 0. The number of benzene rings is 1. The molecule has 2 N–H and O–H groups in total. The number of hydrogen-bond acceptors (Lipinski definition) is 3. The van der Waals surface area contributed by atoms with Crippen LogP contribution in [0.3, 0.4) is 0 Å². The summed E-state index contributed by atoms with van der Waals surface area (Å²) in [7, 11) is 0. The summed E-state index contributed by atoms with van der Waals surface area (Å²) in [5.74, 6) is 0. The minimum Gasteiger partial charge on any atom is -0.395 e. The van der Waals surface area contributed by atoms with Crippen molar-refractivity contribution in [3.8, 4) is 0 Å². The first-order chi connectivity index (χ1) is 7.81. The van der Waals surface area contributed by atoms with Gasteiger partial charge < -0.3 is 10.4 Å². The molecule has 0 aliphatic carbocycles. The van der Waals surface area contributed by atoms with Crippen LogP contribution in [0.25, 0.3) is 10.9 Å². The second-order valence-corrected chi connectivity index (χ2v) is 3.95. The summed E-state index contributed by atoms with van der Waals surface area (Å²) in [6, 6.07) is 10.2. The Kier molecular flexibility index (Phi) is 3.49. The Morgan fingerprint density at radius 3 is 2.94 bits per heavy atom. The minimum atomic E-state index is 0.118. The number of aromatic nitrogens is 1. The summed E-state index contributed by atoms with van der Waals surface area (Å²) in [4.78, 5) is 4.31. The average Bonchev–Trinajstić information content (AvgIpc) is 2.35. The average molecular weight is 216 g/mol. The SMILES string of the molecule is CC(CO)NCc1ccnc2ccccc12. The molecule has 1 aromatic heterocycles. The van der Waals surface area contributed by atoms with Gasteiger partial charge in [-0.25, -0.2) is 0 Å². The van der Waals surface area contributed by atoms with E-state index in [2.05, 4.69) is 16.4 Å². The molecular weight excluding hydrogens is 200 g/mol. The predicted molar refractivity (Wildman–Crippen MR) is 65.1 cm³/mol. The predicted octanol–water partition coefficient (Wildman–Crippen LogP) is 1.71. The van der Waals surface area contributed by atoms with E-state index in [1.165, 1.54) is 10.9 Å². The smallest absolute Gasteiger partial charge is 0.0705 e. The number of aliphatic hydroxyl groups is 1. The van der Waals surface area contributed by atoms with Gasteiger partial charge in [0.05, 0.1) is 12.1 Å². The van der Waals surface area contributed by atoms with Crippen LogP contribution < -0.4 is 5.32 Å². The second-order valence-electron chi connectivity index (χ2n) is 3.95. The van der Waals surface area contributed by atoms with Crippen LogP contribution in [-0.4, -0.2) is 22.7 Å². The zero-order valence-corrected chi connectivity index (χ0v) is 9.35. The van der Waals surface area contributed by atoms with E-state index in [9.17, 15) is 0 Å². The van der Waals surface area contributed by atoms with Gasteiger partial charge in [-0.3, -0.25) is 4.98 Å². The molecule has 0 saturated carbocycles. The molecule has 0 aliphatic heterocycles. The van der Waals surface area contributed by atoms with Gasteiger partial charge in [-0.15, -0.1) is 0 Å². The van der Waals surface area contributed by atoms with Crippen molar-refractivity contribution in [2.24, 2.45) is 0 Å². The fourth-order valence-corrected chi connectivity index (χ4v) is 1.66. The molecule has 0 spiro atoms. The number of aliphatic hydroxyl groups excluding tert-OH is 1. The molecule has 2 rings (SSSR count). The maximum absolute atomic E-state index is 8.95. The summed E-state index contributed by atoms with van der Waals surface area (Å²) in [6.45, 7) is 2.87. The molecule has 3 nitrogen and oxygen atoms in total. The molecule has 0 radical (unpaired) electrons. The molecule has 1 heterocycles. The van der Waals surface area contributed by atoms with Crippen LogP contribution >= 0.6 is 0 Å². The third-order valence-electron chi connectivity index (χ3n) is 2.65. The molecule has 1 atom stereocenters. The van der Waals surface area contributed by atoms with E-state index >= 15 is 0 Å². The molecule has 1 aromatic carbocycles. The Hall–Kier alpha value is -1.45. The van der Waals surface area contributed by atoms with E-state index in [0.717, 1.165) is 12.1 Å². The molecule has 16 heavy (non-hydrogen) atoms. The van der Waals surface area contributed by atoms with E-state index < -0.39 is 0 Å². The number of nitrogens with one attached hydrogen (secondary N) is 1. The molecule has 1 unspecified atom stereocenters. The molecule has 0 aliphatic rings. The zero-order valence-electron chi connectivity index (χ0n) is 9.35. The fourth-order valence-electron chi connectivity index (χ4n) is 1.66. The van der Waals surface area contributed by atoms with E-state index in [0.29, 0.717) is 0 Å². The largest absolute Gasteiger partial charge is 0.395 e. The van der Waals surface area contributed by atoms with E-state index in [1.807, 2.05) is 37.4 Å². The number of nitrogens with zero attached hydrogens (tertiary/aromatic N) is 1. The van der Waals surface area contributed by atoms with Crippen molar-refractivity contribution in [3.05, 3.63) is 42.1 Å². The lowest BCUT2D eigenvalue weighted by Crippen LogP contribution is -2.28. The van der Waals surface area contributed by atoms with Gasteiger partial charge in [0.25, 0.3) is 0 Å². The molecular formula is C13H16N2O. The van der Waals surface area contributed by atoms with Crippen molar-refractivity contribution in [2.45, 2.75) is 19.5 Å². The van der Waals surface area contributed by atoms with Crippen molar-refractivity contribution < 1.29 is 5.11 Å². The first-order valence-corrected chi connectivity index (χ1v) is 5.48. The Bertz CT molecular complexity index is 465. The van der Waals surface area contributed by atoms with Gasteiger partial charge in [0, 0.05) is 24.2 Å². The molecule has 3 heteroatoms. The number of para-hydroxylation sites is 1. The van der Waals surface area contributed by atoms with Crippen molar-refractivity contribution in [2.75, 3.05) is 6.61 Å². The summed E-state index contributed by atoms with van der Waals surface area (Å²) < 4.78 is 0. The number of hydrogen-bond donors (Lipinski definition) is 2. The molecule has 0 bridgehead atoms. The van der Waals surface area contributed by atoms with E-state index in [-0.39, 0.29) is 12.6 Å². The van der Waals surface area contributed by atoms with Crippen LogP contribution in [0, 0.1) is 0 Å². The van der Waals surface area contributed by atoms with Crippen LogP contribution in [0.4, 0.5) is 0 Å². The van der Waals surface area contributed by atoms with Crippen molar-refractivity contribution in [1.29, 1.82) is 0 Å². The quantitative estimate of drug-likeness (QED) is 0.817. The van der Waals surface area contributed by atoms with Crippen molar-refractivity contribution in [1.82, 2.24) is 10.3 Å². The van der Waals surface area contributed by atoms with Gasteiger partial charge in [0.15, 0.2) is 0 Å². The molecule has 0 amide bonds. The summed E-state index contributed by atoms with van der Waals surface area (Å²) in [5, 5.41) is 13.4. The van der Waals surface area contributed by atoms with Crippen molar-refractivity contribution >= 4 is 10.9 Å². The standard InChI is InChI=1S/C13H16N2O/c1-10(9-16)15-8-11-6-7-14-13-5-3-2-4-12(11)13/h2-7,10,15-16H,8-9H2,1H3. The van der Waals surface area contributed by atoms with Crippen LogP contribution in [0.1, 0.15) is 12.5 Å². The Balaban J connectivity index is 2.23. The van der Waals surface area contributed by atoms with Gasteiger partial charge in [-0.1, -0.05) is 18.2 Å². The van der Waals surface area contributed by atoms with Gasteiger partial charge >= 0.3 is 0 Å². The summed E-state index contributed by atoms with van der Waals surface area (Å²) in [5.41, 5.74) is 2.23. The molecule has 2 aromatic rings. The molecule has 84 valence electrons. The lowest BCUT2D eigenvalue weighted by atomic mass is 10.1. The van der Waals surface area contributed by atoms with E-state index in [1.54, 1.807) is 0 Å². The van der Waals surface area contributed by atoms with Crippen LogP contribution in [-0.2, 0) is 6.54 Å². The maximum atomic E-state index is 8.95. The first kappa shape index (κ1) is 11.0. The molecule has 0 fully saturated rings. The number of rotatable bonds is 4. The second kappa shape index (κ2) is 5.05. The molecule has 0 saturated heterocycles. The fraction of sp³-hybridized carbons (Fsp3) is 0.308. The highest BCUT2D eigenvalue weighted by Gasteiger charge is 2.03. The number of fused-ring (bicyclic) bond motifs is 1. The highest BCUT2D eigenvalue weighted by Crippen LogP contribution is 2.15. The Morgan fingerprint density at radius 2 is 2.12 bits per heavy atom. The van der Waals surface area contributed by atoms with Gasteiger partial charge in [-0.2, -0.15) is 0 Å². The van der Waals surface area contributed by atoms with Gasteiger partial charge in [-0.05, 0) is 24.6 Å². The van der Waals surface area contributed by atoms with Crippen LogP contribution in [0.5, 0.6) is 0 Å². The van der Waals surface area contributed by atoms with Crippen LogP contribution in [0.2, 0.25) is 0 Å². The normalized spacial score (nSPS) is 12.9. The number of pyridine rings is 1. The zero-order chi connectivity index (χ0) is 11.4. The lowest BCUT2D eigenvalue weighted by molar-refractivity contribution is 0.251. The third-order valence-corrected chi connectivity index (χ3v) is 2.65. The van der Waals surface area contributed by atoms with Crippen molar-refractivity contribution in [3.63, 3.8) is 0 Å². The van der Waals surface area contributed by atoms with E-state index in [4.69, 9.17) is 5.11 Å². The Labute approximate surface area is 95.1 Å². The monoisotopic (exact) mass is 216 g/mol. The summed E-state index contributed by atoms with van der Waals surface area (Å²) in [6.07, 6.45) is 1.82. The lowest BCUT2D eigenvalue weighted by Gasteiger charge is -2.11. The van der Waals surface area contributed by atoms with Crippen LogP contribution in [0.15, 0.2) is 36.5 Å². The Morgan fingerprint density at radius 1 is 1.31 bits per heavy atom. The van der Waals surface area contributed by atoms with Gasteiger partial charge in [0.1, 0.15) is 0 Å². The highest BCUT2D eigenvalue weighted by atomic mass is 16.3. The van der Waals surface area contributed by atoms with Gasteiger partial charge in [0.2, 0.25) is 0 Å². The topological polar surface area (TPSA) is 45.1 Å². The third kappa shape index (κ3) is 2.38. The minimum absolute atomic E-state index is 0.118.